The standard InChI is InChI=1S/C22H36O4/c1-5-6-7-8-9-13-19-16-20(22(24)26-19)21(23)25-15-14-18(4)12-10-11-17(2)3/h11,14,19-20H,5-10,12-13,15-16H2,1-4H3. The molecule has 26 heavy (non-hydrogen) atoms. The Labute approximate surface area is 159 Å². The first-order valence-electron chi connectivity index (χ1n) is 10.1. The summed E-state index contributed by atoms with van der Waals surface area (Å²) in [6.07, 6.45) is 13.2. The minimum atomic E-state index is -0.741. The van der Waals surface area contributed by atoms with Crippen molar-refractivity contribution in [3.05, 3.63) is 23.3 Å². The van der Waals surface area contributed by atoms with Crippen LogP contribution in [0.2, 0.25) is 0 Å². The van der Waals surface area contributed by atoms with Crippen LogP contribution in [0.3, 0.4) is 0 Å². The molecule has 0 amide bonds. The highest BCUT2D eigenvalue weighted by Gasteiger charge is 2.40. The first-order valence-corrected chi connectivity index (χ1v) is 10.1. The molecule has 0 aromatic heterocycles. The summed E-state index contributed by atoms with van der Waals surface area (Å²) in [7, 11) is 0. The third-order valence-electron chi connectivity index (χ3n) is 4.73. The van der Waals surface area contributed by atoms with Crippen molar-refractivity contribution in [2.45, 2.75) is 91.6 Å². The summed E-state index contributed by atoms with van der Waals surface area (Å²) < 4.78 is 10.6. The molecule has 1 rings (SSSR count). The van der Waals surface area contributed by atoms with Gasteiger partial charge in [0.15, 0.2) is 5.92 Å². The maximum atomic E-state index is 12.1. The van der Waals surface area contributed by atoms with Gasteiger partial charge in [-0.2, -0.15) is 0 Å². The van der Waals surface area contributed by atoms with Gasteiger partial charge in [0.1, 0.15) is 12.7 Å². The minimum Gasteiger partial charge on any atom is -0.462 e. The number of carbonyl (C=O) groups is 2. The molecule has 1 aliphatic heterocycles. The normalized spacial score (nSPS) is 20.0. The Morgan fingerprint density at radius 1 is 1.15 bits per heavy atom. The minimum absolute atomic E-state index is 0.122. The van der Waals surface area contributed by atoms with E-state index in [1.165, 1.54) is 30.4 Å². The van der Waals surface area contributed by atoms with Crippen LogP contribution in [0.4, 0.5) is 0 Å². The smallest absolute Gasteiger partial charge is 0.320 e. The lowest BCUT2D eigenvalue weighted by Gasteiger charge is -2.08. The first-order chi connectivity index (χ1) is 12.4. The van der Waals surface area contributed by atoms with E-state index < -0.39 is 17.9 Å². The van der Waals surface area contributed by atoms with Crippen molar-refractivity contribution in [3.8, 4) is 0 Å². The van der Waals surface area contributed by atoms with E-state index in [4.69, 9.17) is 9.47 Å². The van der Waals surface area contributed by atoms with E-state index in [2.05, 4.69) is 26.8 Å². The van der Waals surface area contributed by atoms with Gasteiger partial charge in [-0.25, -0.2) is 0 Å². The Kier molecular flexibility index (Phi) is 11.0. The molecule has 0 N–H and O–H groups in total. The first kappa shape index (κ1) is 22.5. The van der Waals surface area contributed by atoms with Crippen molar-refractivity contribution >= 4 is 11.9 Å². The monoisotopic (exact) mass is 364 g/mol. The zero-order valence-corrected chi connectivity index (χ0v) is 17.0. The Bertz CT molecular complexity index is 500. The average molecular weight is 365 g/mol. The summed E-state index contributed by atoms with van der Waals surface area (Å²) in [4.78, 5) is 24.1. The highest BCUT2D eigenvalue weighted by molar-refractivity contribution is 5.96. The van der Waals surface area contributed by atoms with Gasteiger partial charge in [0.25, 0.3) is 0 Å². The highest BCUT2D eigenvalue weighted by Crippen LogP contribution is 2.26. The number of hydrogen-bond acceptors (Lipinski definition) is 4. The molecule has 4 nitrogen and oxygen atoms in total. The van der Waals surface area contributed by atoms with E-state index in [-0.39, 0.29) is 12.7 Å². The van der Waals surface area contributed by atoms with Gasteiger partial charge in [-0.1, -0.05) is 49.8 Å². The Morgan fingerprint density at radius 3 is 2.58 bits per heavy atom. The Hall–Kier alpha value is -1.58. The lowest BCUT2D eigenvalue weighted by atomic mass is 10.0. The fraction of sp³-hybridized carbons (Fsp3) is 0.727. The van der Waals surface area contributed by atoms with Gasteiger partial charge in [0.05, 0.1) is 0 Å². The van der Waals surface area contributed by atoms with Gasteiger partial charge in [0.2, 0.25) is 0 Å². The van der Waals surface area contributed by atoms with Crippen molar-refractivity contribution in [1.82, 2.24) is 0 Å². The summed E-state index contributed by atoms with van der Waals surface area (Å²) >= 11 is 0. The fourth-order valence-corrected chi connectivity index (χ4v) is 3.06. The molecule has 0 spiro atoms. The second-order valence-corrected chi connectivity index (χ2v) is 7.55. The molecular weight excluding hydrogens is 328 g/mol. The number of hydrogen-bond donors (Lipinski definition) is 0. The number of esters is 2. The zero-order valence-electron chi connectivity index (χ0n) is 17.0. The van der Waals surface area contributed by atoms with Crippen molar-refractivity contribution < 1.29 is 19.1 Å². The van der Waals surface area contributed by atoms with Gasteiger partial charge in [0, 0.05) is 6.42 Å². The molecular formula is C22H36O4. The quantitative estimate of drug-likeness (QED) is 0.198. The summed E-state index contributed by atoms with van der Waals surface area (Å²) in [6.45, 7) is 8.62. The third-order valence-corrected chi connectivity index (χ3v) is 4.73. The summed E-state index contributed by atoms with van der Waals surface area (Å²) in [5.41, 5.74) is 2.50. The highest BCUT2D eigenvalue weighted by atomic mass is 16.6. The molecule has 1 heterocycles. The molecule has 4 heteroatoms. The lowest BCUT2D eigenvalue weighted by Crippen LogP contribution is -2.22. The molecule has 0 saturated carbocycles. The zero-order chi connectivity index (χ0) is 19.4. The number of rotatable bonds is 12. The molecule has 1 fully saturated rings. The summed E-state index contributed by atoms with van der Waals surface area (Å²) in [6, 6.07) is 0. The number of allylic oxidation sites excluding steroid dienone is 3. The van der Waals surface area contributed by atoms with Crippen LogP contribution in [-0.2, 0) is 19.1 Å². The van der Waals surface area contributed by atoms with Crippen LogP contribution in [0, 0.1) is 5.92 Å². The van der Waals surface area contributed by atoms with Gasteiger partial charge < -0.3 is 9.47 Å². The maximum Gasteiger partial charge on any atom is 0.320 e. The molecule has 0 aromatic rings. The number of ether oxygens (including phenoxy) is 2. The van der Waals surface area contributed by atoms with Crippen LogP contribution in [0.25, 0.3) is 0 Å². The molecule has 0 radical (unpaired) electrons. The second-order valence-electron chi connectivity index (χ2n) is 7.55. The average Bonchev–Trinajstić information content (AvgIpc) is 2.95. The largest absolute Gasteiger partial charge is 0.462 e. The van der Waals surface area contributed by atoms with Gasteiger partial charge >= 0.3 is 11.9 Å². The van der Waals surface area contributed by atoms with Crippen LogP contribution in [0.15, 0.2) is 23.3 Å². The SMILES string of the molecule is CCCCCCCC1CC(C(=O)OCC=C(C)CCC=C(C)C)C(=O)O1. The molecule has 2 unspecified atom stereocenters. The third kappa shape index (κ3) is 9.21. The number of carbonyl (C=O) groups excluding carboxylic acids is 2. The van der Waals surface area contributed by atoms with E-state index in [1.807, 2.05) is 13.0 Å². The van der Waals surface area contributed by atoms with E-state index in [9.17, 15) is 9.59 Å². The maximum absolute atomic E-state index is 12.1. The predicted octanol–water partition coefficient (Wildman–Crippen LogP) is 5.51. The van der Waals surface area contributed by atoms with E-state index in [0.717, 1.165) is 32.1 Å². The fourth-order valence-electron chi connectivity index (χ4n) is 3.06. The van der Waals surface area contributed by atoms with Crippen molar-refractivity contribution in [2.24, 2.45) is 5.92 Å². The van der Waals surface area contributed by atoms with Crippen LogP contribution >= 0.6 is 0 Å². The molecule has 2 atom stereocenters. The second kappa shape index (κ2) is 12.7. The topological polar surface area (TPSA) is 52.6 Å². The molecule has 1 saturated heterocycles. The Morgan fingerprint density at radius 2 is 1.88 bits per heavy atom. The number of cyclic esters (lactones) is 1. The summed E-state index contributed by atoms with van der Waals surface area (Å²) in [5, 5.41) is 0. The van der Waals surface area contributed by atoms with Crippen LogP contribution in [0.5, 0.6) is 0 Å². The molecule has 0 aromatic carbocycles. The van der Waals surface area contributed by atoms with Crippen LogP contribution in [-0.4, -0.2) is 24.6 Å². The molecule has 0 aliphatic carbocycles. The van der Waals surface area contributed by atoms with E-state index >= 15 is 0 Å². The van der Waals surface area contributed by atoms with Crippen LogP contribution in [0.1, 0.15) is 85.5 Å². The molecule has 148 valence electrons. The molecule has 1 aliphatic rings. The van der Waals surface area contributed by atoms with Crippen molar-refractivity contribution in [1.29, 1.82) is 0 Å². The Balaban J connectivity index is 2.27. The van der Waals surface area contributed by atoms with Gasteiger partial charge in [-0.15, -0.1) is 0 Å². The van der Waals surface area contributed by atoms with E-state index in [1.54, 1.807) is 0 Å². The summed E-state index contributed by atoms with van der Waals surface area (Å²) in [5.74, 6) is -1.61. The lowest BCUT2D eigenvalue weighted by molar-refractivity contribution is -0.155. The predicted molar refractivity (Wildman–Crippen MR) is 105 cm³/mol. The van der Waals surface area contributed by atoms with Crippen molar-refractivity contribution in [3.63, 3.8) is 0 Å². The van der Waals surface area contributed by atoms with E-state index in [0.29, 0.717) is 6.42 Å². The van der Waals surface area contributed by atoms with Crippen LogP contribution < -0.4 is 0 Å². The van der Waals surface area contributed by atoms with Gasteiger partial charge in [-0.05, 0) is 52.5 Å². The van der Waals surface area contributed by atoms with Gasteiger partial charge in [-0.3, -0.25) is 9.59 Å². The number of unbranched alkanes of at least 4 members (excludes halogenated alkanes) is 4. The van der Waals surface area contributed by atoms with Crippen molar-refractivity contribution in [2.75, 3.05) is 6.61 Å². The molecule has 0 bridgehead atoms.